The molecule has 2 saturated heterocycles. The predicted molar refractivity (Wildman–Crippen MR) is 97.0 cm³/mol. The molecule has 7 nitrogen and oxygen atoms in total. The zero-order valence-electron chi connectivity index (χ0n) is 16.0. The summed E-state index contributed by atoms with van der Waals surface area (Å²) in [6.45, 7) is 11.5. The quantitative estimate of drug-likeness (QED) is 0.711. The van der Waals surface area contributed by atoms with E-state index in [0.29, 0.717) is 0 Å². The van der Waals surface area contributed by atoms with Gasteiger partial charge in [-0.2, -0.15) is 0 Å². The Morgan fingerprint density at radius 2 is 1.88 bits per heavy atom. The van der Waals surface area contributed by atoms with Crippen LogP contribution in [0.2, 0.25) is 0 Å². The summed E-state index contributed by atoms with van der Waals surface area (Å²) in [6.07, 6.45) is 2.49. The smallest absolute Gasteiger partial charge is 0.242 e. The van der Waals surface area contributed by atoms with Gasteiger partial charge in [0.15, 0.2) is 0 Å². The summed E-state index contributed by atoms with van der Waals surface area (Å²) in [5.41, 5.74) is 5.82. The number of likely N-dealkylation sites (tertiary alicyclic amines) is 1. The SMILES string of the molecule is CC1CN(CC2CCCN2C(=O)CNC(=O)[C@@H](N)C(C)C)CC(C)O1. The fourth-order valence-electron chi connectivity index (χ4n) is 3.77. The first-order valence-electron chi connectivity index (χ1n) is 9.48. The van der Waals surface area contributed by atoms with Crippen LogP contribution in [0.1, 0.15) is 40.5 Å². The highest BCUT2D eigenvalue weighted by Crippen LogP contribution is 2.20. The van der Waals surface area contributed by atoms with Crippen LogP contribution in [-0.4, -0.2) is 78.6 Å². The van der Waals surface area contributed by atoms with Gasteiger partial charge in [-0.1, -0.05) is 13.8 Å². The van der Waals surface area contributed by atoms with Crippen molar-refractivity contribution >= 4 is 11.8 Å². The molecule has 2 rings (SSSR count). The van der Waals surface area contributed by atoms with Gasteiger partial charge in [-0.05, 0) is 32.6 Å². The van der Waals surface area contributed by atoms with Crippen molar-refractivity contribution in [2.45, 2.75) is 64.8 Å². The number of nitrogens with zero attached hydrogens (tertiary/aromatic N) is 2. The first kappa shape index (κ1) is 20.1. The van der Waals surface area contributed by atoms with Gasteiger partial charge in [-0.3, -0.25) is 14.5 Å². The van der Waals surface area contributed by atoms with Crippen molar-refractivity contribution in [2.75, 3.05) is 32.7 Å². The Kier molecular flexibility index (Phi) is 7.22. The van der Waals surface area contributed by atoms with Crippen LogP contribution in [0.15, 0.2) is 0 Å². The Labute approximate surface area is 151 Å². The lowest BCUT2D eigenvalue weighted by molar-refractivity contribution is -0.134. The van der Waals surface area contributed by atoms with Gasteiger partial charge >= 0.3 is 0 Å². The van der Waals surface area contributed by atoms with E-state index in [9.17, 15) is 9.59 Å². The Bertz CT molecular complexity index is 461. The molecule has 2 fully saturated rings. The Balaban J connectivity index is 1.83. The molecule has 0 aromatic heterocycles. The van der Waals surface area contributed by atoms with Crippen molar-refractivity contribution in [2.24, 2.45) is 11.7 Å². The van der Waals surface area contributed by atoms with Crippen molar-refractivity contribution in [3.8, 4) is 0 Å². The monoisotopic (exact) mass is 354 g/mol. The minimum Gasteiger partial charge on any atom is -0.373 e. The molecule has 7 heteroatoms. The van der Waals surface area contributed by atoms with E-state index in [1.54, 1.807) is 0 Å². The van der Waals surface area contributed by atoms with Crippen molar-refractivity contribution in [1.29, 1.82) is 0 Å². The number of rotatable bonds is 6. The second kappa shape index (κ2) is 8.96. The van der Waals surface area contributed by atoms with Gasteiger partial charge < -0.3 is 20.7 Å². The summed E-state index contributed by atoms with van der Waals surface area (Å²) in [4.78, 5) is 28.8. The second-order valence-electron chi connectivity index (χ2n) is 7.85. The highest BCUT2D eigenvalue weighted by Gasteiger charge is 2.32. The second-order valence-corrected chi connectivity index (χ2v) is 7.85. The number of carbonyl (C=O) groups is 2. The topological polar surface area (TPSA) is 87.9 Å². The van der Waals surface area contributed by atoms with Crippen LogP contribution < -0.4 is 11.1 Å². The van der Waals surface area contributed by atoms with Gasteiger partial charge in [0.05, 0.1) is 24.8 Å². The number of hydrogen-bond acceptors (Lipinski definition) is 5. The summed E-state index contributed by atoms with van der Waals surface area (Å²) >= 11 is 0. The number of amides is 2. The summed E-state index contributed by atoms with van der Waals surface area (Å²) in [7, 11) is 0. The normalized spacial score (nSPS) is 29.0. The molecule has 25 heavy (non-hydrogen) atoms. The zero-order chi connectivity index (χ0) is 18.6. The van der Waals surface area contributed by atoms with Crippen LogP contribution in [-0.2, 0) is 14.3 Å². The number of ether oxygens (including phenoxy) is 1. The highest BCUT2D eigenvalue weighted by molar-refractivity contribution is 5.87. The third-order valence-electron chi connectivity index (χ3n) is 5.10. The van der Waals surface area contributed by atoms with Crippen molar-refractivity contribution in [3.63, 3.8) is 0 Å². The lowest BCUT2D eigenvalue weighted by Crippen LogP contribution is -2.52. The maximum absolute atomic E-state index is 12.6. The Hall–Kier alpha value is -1.18. The first-order valence-corrected chi connectivity index (χ1v) is 9.48. The predicted octanol–water partition coefficient (Wildman–Crippen LogP) is 0.186. The molecule has 2 amide bonds. The molecular formula is C18H34N4O3. The third kappa shape index (κ3) is 5.66. The molecule has 2 aliphatic heterocycles. The summed E-state index contributed by atoms with van der Waals surface area (Å²) in [6, 6.07) is -0.348. The molecule has 2 heterocycles. The number of carbonyl (C=O) groups excluding carboxylic acids is 2. The maximum Gasteiger partial charge on any atom is 0.242 e. The van der Waals surface area contributed by atoms with E-state index in [2.05, 4.69) is 24.1 Å². The Morgan fingerprint density at radius 3 is 2.48 bits per heavy atom. The lowest BCUT2D eigenvalue weighted by Gasteiger charge is -2.38. The zero-order valence-corrected chi connectivity index (χ0v) is 16.0. The molecule has 0 aromatic carbocycles. The van der Waals surface area contributed by atoms with E-state index >= 15 is 0 Å². The number of nitrogens with two attached hydrogens (primary N) is 1. The minimum absolute atomic E-state index is 0.0128. The molecule has 0 aliphatic carbocycles. The van der Waals surface area contributed by atoms with E-state index in [4.69, 9.17) is 10.5 Å². The summed E-state index contributed by atoms with van der Waals surface area (Å²) in [5.74, 6) is -0.212. The van der Waals surface area contributed by atoms with E-state index in [1.165, 1.54) is 0 Å². The molecule has 0 bridgehead atoms. The minimum atomic E-state index is -0.571. The molecule has 0 aromatic rings. The first-order chi connectivity index (χ1) is 11.8. The molecule has 144 valence electrons. The van der Waals surface area contributed by atoms with Crippen LogP contribution in [0.25, 0.3) is 0 Å². The molecule has 2 aliphatic rings. The standard InChI is InChI=1S/C18H34N4O3/c1-12(2)17(19)18(24)20-8-16(23)22-7-5-6-15(22)11-21-9-13(3)25-14(4)10-21/h12-15,17H,5-11,19H2,1-4H3,(H,20,24)/t13?,14?,15?,17-/m0/s1. The number of nitrogens with one attached hydrogen (secondary N) is 1. The van der Waals surface area contributed by atoms with Gasteiger partial charge in [-0.15, -0.1) is 0 Å². The van der Waals surface area contributed by atoms with Gasteiger partial charge in [-0.25, -0.2) is 0 Å². The molecule has 0 radical (unpaired) electrons. The fraction of sp³-hybridized carbons (Fsp3) is 0.889. The summed E-state index contributed by atoms with van der Waals surface area (Å²) in [5, 5.41) is 2.69. The van der Waals surface area contributed by atoms with Gasteiger partial charge in [0, 0.05) is 32.2 Å². The van der Waals surface area contributed by atoms with Crippen LogP contribution in [0, 0.1) is 5.92 Å². The van der Waals surface area contributed by atoms with E-state index in [0.717, 1.165) is 39.0 Å². The van der Waals surface area contributed by atoms with E-state index < -0.39 is 6.04 Å². The Morgan fingerprint density at radius 1 is 1.24 bits per heavy atom. The lowest BCUT2D eigenvalue weighted by atomic mass is 10.1. The van der Waals surface area contributed by atoms with E-state index in [-0.39, 0.29) is 42.5 Å². The molecule has 3 unspecified atom stereocenters. The number of morpholine rings is 1. The average Bonchev–Trinajstić information content (AvgIpc) is 2.98. The van der Waals surface area contributed by atoms with Crippen molar-refractivity contribution in [1.82, 2.24) is 15.1 Å². The van der Waals surface area contributed by atoms with Gasteiger partial charge in [0.25, 0.3) is 0 Å². The van der Waals surface area contributed by atoms with Crippen LogP contribution in [0.4, 0.5) is 0 Å². The number of hydrogen-bond donors (Lipinski definition) is 2. The van der Waals surface area contributed by atoms with Gasteiger partial charge in [0.1, 0.15) is 0 Å². The highest BCUT2D eigenvalue weighted by atomic mass is 16.5. The molecule has 4 atom stereocenters. The van der Waals surface area contributed by atoms with Gasteiger partial charge in [0.2, 0.25) is 11.8 Å². The average molecular weight is 354 g/mol. The molecular weight excluding hydrogens is 320 g/mol. The van der Waals surface area contributed by atoms with Crippen LogP contribution in [0.5, 0.6) is 0 Å². The largest absolute Gasteiger partial charge is 0.373 e. The van der Waals surface area contributed by atoms with Crippen molar-refractivity contribution < 1.29 is 14.3 Å². The third-order valence-corrected chi connectivity index (χ3v) is 5.10. The molecule has 0 spiro atoms. The van der Waals surface area contributed by atoms with E-state index in [1.807, 2.05) is 18.7 Å². The molecule has 3 N–H and O–H groups in total. The maximum atomic E-state index is 12.6. The fourth-order valence-corrected chi connectivity index (χ4v) is 3.77. The summed E-state index contributed by atoms with van der Waals surface area (Å²) < 4.78 is 5.78. The molecule has 0 saturated carbocycles. The van der Waals surface area contributed by atoms with Crippen LogP contribution >= 0.6 is 0 Å². The van der Waals surface area contributed by atoms with Crippen LogP contribution in [0.3, 0.4) is 0 Å². The van der Waals surface area contributed by atoms with Crippen molar-refractivity contribution in [3.05, 3.63) is 0 Å².